The van der Waals surface area contributed by atoms with Crippen molar-refractivity contribution in [2.24, 2.45) is 5.92 Å². The van der Waals surface area contributed by atoms with Crippen molar-refractivity contribution in [3.05, 3.63) is 34.3 Å². The summed E-state index contributed by atoms with van der Waals surface area (Å²) in [5.41, 5.74) is 2.55. The lowest BCUT2D eigenvalue weighted by Gasteiger charge is -2.09. The van der Waals surface area contributed by atoms with Crippen LogP contribution in [-0.2, 0) is 11.3 Å². The minimum Gasteiger partial charge on any atom is -0.381 e. The van der Waals surface area contributed by atoms with Crippen molar-refractivity contribution in [2.45, 2.75) is 33.7 Å². The third-order valence-corrected chi connectivity index (χ3v) is 2.95. The van der Waals surface area contributed by atoms with Gasteiger partial charge in [-0.1, -0.05) is 31.5 Å². The number of ether oxygens (including phenoxy) is 1. The first-order valence-electron chi connectivity index (χ1n) is 6.63. The maximum atomic E-state index is 5.92. The summed E-state index contributed by atoms with van der Waals surface area (Å²) < 4.78 is 5.53. The molecule has 0 aliphatic heterocycles. The molecule has 0 spiro atoms. The average Bonchev–Trinajstić information content (AvgIpc) is 2.30. The highest BCUT2D eigenvalue weighted by Gasteiger charge is 1.99. The first-order chi connectivity index (χ1) is 8.59. The highest BCUT2D eigenvalue weighted by molar-refractivity contribution is 6.30. The molecule has 0 aliphatic rings. The molecule has 0 fully saturated rings. The minimum atomic E-state index is 0.620. The van der Waals surface area contributed by atoms with Crippen molar-refractivity contribution in [1.29, 1.82) is 0 Å². The van der Waals surface area contributed by atoms with Gasteiger partial charge in [0.25, 0.3) is 0 Å². The van der Waals surface area contributed by atoms with Crippen LogP contribution >= 0.6 is 11.6 Å². The van der Waals surface area contributed by atoms with Crippen molar-refractivity contribution < 1.29 is 4.74 Å². The summed E-state index contributed by atoms with van der Waals surface area (Å²) in [4.78, 5) is 0. The van der Waals surface area contributed by atoms with E-state index in [0.29, 0.717) is 5.92 Å². The third kappa shape index (κ3) is 6.39. The average molecular weight is 270 g/mol. The molecule has 0 saturated heterocycles. The molecular weight excluding hydrogens is 246 g/mol. The second-order valence-corrected chi connectivity index (χ2v) is 5.51. The Kier molecular flexibility index (Phi) is 7.33. The number of aryl methyl sites for hydroxylation is 1. The van der Waals surface area contributed by atoms with Crippen LogP contribution < -0.4 is 5.32 Å². The van der Waals surface area contributed by atoms with Crippen LogP contribution in [0, 0.1) is 12.8 Å². The molecule has 0 saturated carbocycles. The van der Waals surface area contributed by atoms with Crippen LogP contribution in [0.5, 0.6) is 0 Å². The van der Waals surface area contributed by atoms with Gasteiger partial charge in [0.2, 0.25) is 0 Å². The molecule has 0 radical (unpaired) electrons. The molecule has 0 unspecified atom stereocenters. The Balaban J connectivity index is 2.11. The summed E-state index contributed by atoms with van der Waals surface area (Å²) in [6.45, 7) is 10.0. The third-order valence-electron chi connectivity index (χ3n) is 2.71. The molecule has 18 heavy (non-hydrogen) atoms. The zero-order valence-electron chi connectivity index (χ0n) is 11.6. The molecule has 1 aromatic carbocycles. The lowest BCUT2D eigenvalue weighted by atomic mass is 10.1. The van der Waals surface area contributed by atoms with Gasteiger partial charge in [-0.25, -0.2) is 0 Å². The Bertz CT molecular complexity index is 352. The van der Waals surface area contributed by atoms with Crippen molar-refractivity contribution in [3.63, 3.8) is 0 Å². The van der Waals surface area contributed by atoms with Gasteiger partial charge in [-0.3, -0.25) is 0 Å². The van der Waals surface area contributed by atoms with Gasteiger partial charge in [0.05, 0.1) is 0 Å². The lowest BCUT2D eigenvalue weighted by molar-refractivity contribution is 0.108. The van der Waals surface area contributed by atoms with Gasteiger partial charge < -0.3 is 10.1 Å². The van der Waals surface area contributed by atoms with E-state index in [1.54, 1.807) is 0 Å². The topological polar surface area (TPSA) is 21.3 Å². The van der Waals surface area contributed by atoms with Crippen LogP contribution in [0.25, 0.3) is 0 Å². The first kappa shape index (κ1) is 15.5. The maximum Gasteiger partial charge on any atom is 0.0489 e. The monoisotopic (exact) mass is 269 g/mol. The summed E-state index contributed by atoms with van der Waals surface area (Å²) in [5.74, 6) is 0.620. The zero-order chi connectivity index (χ0) is 13.4. The van der Waals surface area contributed by atoms with Crippen LogP contribution in [0.3, 0.4) is 0 Å². The molecule has 0 aromatic heterocycles. The lowest BCUT2D eigenvalue weighted by Crippen LogP contribution is -2.17. The number of nitrogens with one attached hydrogen (secondary N) is 1. The Labute approximate surface area is 116 Å². The van der Waals surface area contributed by atoms with Crippen molar-refractivity contribution >= 4 is 11.6 Å². The first-order valence-corrected chi connectivity index (χ1v) is 7.01. The molecule has 102 valence electrons. The van der Waals surface area contributed by atoms with Crippen molar-refractivity contribution in [3.8, 4) is 0 Å². The SMILES string of the molecule is Cc1cc(Cl)ccc1CNCCCOCC(C)C. The molecule has 0 aliphatic carbocycles. The van der Waals surface area contributed by atoms with Gasteiger partial charge >= 0.3 is 0 Å². The Morgan fingerprint density at radius 1 is 1.33 bits per heavy atom. The van der Waals surface area contributed by atoms with Crippen molar-refractivity contribution in [2.75, 3.05) is 19.8 Å². The van der Waals surface area contributed by atoms with E-state index in [0.717, 1.165) is 37.7 Å². The van der Waals surface area contributed by atoms with Crippen LogP contribution in [-0.4, -0.2) is 19.8 Å². The number of halogens is 1. The quantitative estimate of drug-likeness (QED) is 0.725. The van der Waals surface area contributed by atoms with E-state index in [1.807, 2.05) is 12.1 Å². The fourth-order valence-corrected chi connectivity index (χ4v) is 1.93. The van der Waals surface area contributed by atoms with Crippen molar-refractivity contribution in [1.82, 2.24) is 5.32 Å². The fraction of sp³-hybridized carbons (Fsp3) is 0.600. The number of hydrogen-bond acceptors (Lipinski definition) is 2. The van der Waals surface area contributed by atoms with E-state index in [2.05, 4.69) is 32.2 Å². The second kappa shape index (κ2) is 8.52. The Hall–Kier alpha value is -0.570. The molecule has 0 amide bonds. The molecule has 1 aromatic rings. The molecule has 3 heteroatoms. The van der Waals surface area contributed by atoms with E-state index >= 15 is 0 Å². The van der Waals surface area contributed by atoms with Gasteiger partial charge in [-0.15, -0.1) is 0 Å². The number of rotatable bonds is 8. The van der Waals surface area contributed by atoms with Gasteiger partial charge in [-0.05, 0) is 49.1 Å². The molecule has 1 rings (SSSR count). The largest absolute Gasteiger partial charge is 0.381 e. The van der Waals surface area contributed by atoms with Gasteiger partial charge in [-0.2, -0.15) is 0 Å². The minimum absolute atomic E-state index is 0.620. The Morgan fingerprint density at radius 2 is 2.11 bits per heavy atom. The maximum absolute atomic E-state index is 5.92. The van der Waals surface area contributed by atoms with Crippen LogP contribution in [0.2, 0.25) is 5.02 Å². The van der Waals surface area contributed by atoms with E-state index < -0.39 is 0 Å². The molecule has 0 atom stereocenters. The number of benzene rings is 1. The highest BCUT2D eigenvalue weighted by atomic mass is 35.5. The van der Waals surface area contributed by atoms with Crippen LogP contribution in [0.4, 0.5) is 0 Å². The van der Waals surface area contributed by atoms with Crippen LogP contribution in [0.15, 0.2) is 18.2 Å². The normalized spacial score (nSPS) is 11.2. The molecule has 0 bridgehead atoms. The second-order valence-electron chi connectivity index (χ2n) is 5.07. The summed E-state index contributed by atoms with van der Waals surface area (Å²) in [5, 5.41) is 4.23. The highest BCUT2D eigenvalue weighted by Crippen LogP contribution is 2.14. The van der Waals surface area contributed by atoms with Gasteiger partial charge in [0, 0.05) is 24.8 Å². The predicted molar refractivity (Wildman–Crippen MR) is 78.2 cm³/mol. The number of hydrogen-bond donors (Lipinski definition) is 1. The summed E-state index contributed by atoms with van der Waals surface area (Å²) in [6.07, 6.45) is 1.05. The summed E-state index contributed by atoms with van der Waals surface area (Å²) in [6, 6.07) is 6.03. The van der Waals surface area contributed by atoms with E-state index in [4.69, 9.17) is 16.3 Å². The summed E-state index contributed by atoms with van der Waals surface area (Å²) >= 11 is 5.92. The van der Waals surface area contributed by atoms with Gasteiger partial charge in [0.1, 0.15) is 0 Å². The Morgan fingerprint density at radius 3 is 2.78 bits per heavy atom. The smallest absolute Gasteiger partial charge is 0.0489 e. The van der Waals surface area contributed by atoms with Gasteiger partial charge in [0.15, 0.2) is 0 Å². The van der Waals surface area contributed by atoms with E-state index in [1.165, 1.54) is 11.1 Å². The van der Waals surface area contributed by atoms with E-state index in [-0.39, 0.29) is 0 Å². The van der Waals surface area contributed by atoms with E-state index in [9.17, 15) is 0 Å². The fourth-order valence-electron chi connectivity index (χ4n) is 1.70. The summed E-state index contributed by atoms with van der Waals surface area (Å²) in [7, 11) is 0. The van der Waals surface area contributed by atoms with Crippen LogP contribution in [0.1, 0.15) is 31.4 Å². The molecule has 1 N–H and O–H groups in total. The molecule has 2 nitrogen and oxygen atoms in total. The standard InChI is InChI=1S/C15H24ClNO/c1-12(2)11-18-8-4-7-17-10-14-5-6-15(16)9-13(14)3/h5-6,9,12,17H,4,7-8,10-11H2,1-3H3. The molecular formula is C15H24ClNO. The molecule has 0 heterocycles. The zero-order valence-corrected chi connectivity index (χ0v) is 12.4. The predicted octanol–water partition coefficient (Wildman–Crippen LogP) is 3.80.